The van der Waals surface area contributed by atoms with E-state index in [0.29, 0.717) is 16.9 Å². The predicted octanol–water partition coefficient (Wildman–Crippen LogP) is 3.13. The minimum atomic E-state index is -0.180. The minimum Gasteiger partial charge on any atom is -0.383 e. The van der Waals surface area contributed by atoms with Crippen molar-refractivity contribution in [3.05, 3.63) is 76.7 Å². The maximum Gasteiger partial charge on any atom is 0.259 e. The Morgan fingerprint density at radius 1 is 1.16 bits per heavy atom. The van der Waals surface area contributed by atoms with Crippen LogP contribution < -0.4 is 10.9 Å². The molecule has 8 nitrogen and oxygen atoms in total. The molecule has 0 radical (unpaired) electrons. The molecule has 0 spiro atoms. The van der Waals surface area contributed by atoms with Crippen molar-refractivity contribution in [2.45, 2.75) is 13.0 Å². The summed E-state index contributed by atoms with van der Waals surface area (Å²) in [6.45, 7) is 3.60. The summed E-state index contributed by atoms with van der Waals surface area (Å²) in [6, 6.07) is 10.1. The molecule has 1 aliphatic rings. The minimum absolute atomic E-state index is 0.180. The number of aromatic amines is 1. The SMILES string of the molecule is COCCN1CCc2cc(Nc3nc(-c4cncnc4)cc4cc[nH]c(=O)c34)ccc2C1. The number of fused-ring (bicyclic) bond motifs is 2. The maximum atomic E-state index is 12.6. The highest BCUT2D eigenvalue weighted by Gasteiger charge is 2.17. The molecule has 5 rings (SSSR count). The van der Waals surface area contributed by atoms with E-state index in [0.717, 1.165) is 49.3 Å². The summed E-state index contributed by atoms with van der Waals surface area (Å²) in [4.78, 5) is 30.7. The summed E-state index contributed by atoms with van der Waals surface area (Å²) >= 11 is 0. The van der Waals surface area contributed by atoms with Crippen LogP contribution in [0.25, 0.3) is 22.0 Å². The van der Waals surface area contributed by atoms with Gasteiger partial charge in [0.25, 0.3) is 5.56 Å². The van der Waals surface area contributed by atoms with Crippen molar-refractivity contribution in [2.24, 2.45) is 0 Å². The van der Waals surface area contributed by atoms with E-state index in [1.807, 2.05) is 18.2 Å². The third kappa shape index (κ3) is 4.10. The van der Waals surface area contributed by atoms with E-state index in [2.05, 4.69) is 37.3 Å². The number of methoxy groups -OCH3 is 1. The number of ether oxygens (including phenoxy) is 1. The first-order valence-electron chi connectivity index (χ1n) is 10.6. The first-order valence-corrected chi connectivity index (χ1v) is 10.6. The Hall–Kier alpha value is -3.62. The summed E-state index contributed by atoms with van der Waals surface area (Å²) in [6.07, 6.45) is 7.54. The molecule has 0 amide bonds. The fourth-order valence-electron chi connectivity index (χ4n) is 4.12. The number of anilines is 2. The molecule has 4 aromatic rings. The van der Waals surface area contributed by atoms with Crippen LogP contribution in [-0.2, 0) is 17.7 Å². The Morgan fingerprint density at radius 2 is 2.03 bits per heavy atom. The van der Waals surface area contributed by atoms with Crippen LogP contribution in [0.2, 0.25) is 0 Å². The number of hydrogen-bond acceptors (Lipinski definition) is 7. The van der Waals surface area contributed by atoms with E-state index >= 15 is 0 Å². The van der Waals surface area contributed by atoms with E-state index in [1.54, 1.807) is 25.7 Å². The summed E-state index contributed by atoms with van der Waals surface area (Å²) in [5.41, 5.74) is 4.86. The Bertz CT molecular complexity index is 1310. The first-order chi connectivity index (χ1) is 15.7. The Balaban J connectivity index is 1.50. The molecule has 2 N–H and O–H groups in total. The number of aromatic nitrogens is 4. The van der Waals surface area contributed by atoms with Crippen molar-refractivity contribution in [3.8, 4) is 11.3 Å². The highest BCUT2D eigenvalue weighted by molar-refractivity contribution is 5.95. The van der Waals surface area contributed by atoms with Gasteiger partial charge in [-0.15, -0.1) is 0 Å². The molecule has 32 heavy (non-hydrogen) atoms. The monoisotopic (exact) mass is 428 g/mol. The highest BCUT2D eigenvalue weighted by atomic mass is 16.5. The molecule has 0 unspecified atom stereocenters. The van der Waals surface area contributed by atoms with E-state index < -0.39 is 0 Å². The number of benzene rings is 1. The van der Waals surface area contributed by atoms with Gasteiger partial charge in [0.1, 0.15) is 12.1 Å². The third-order valence-electron chi connectivity index (χ3n) is 5.78. The summed E-state index contributed by atoms with van der Waals surface area (Å²) < 4.78 is 5.21. The molecule has 4 heterocycles. The number of rotatable bonds is 6. The van der Waals surface area contributed by atoms with Crippen LogP contribution >= 0.6 is 0 Å². The van der Waals surface area contributed by atoms with Crippen molar-refractivity contribution < 1.29 is 4.74 Å². The topological polar surface area (TPSA) is 96.0 Å². The first kappa shape index (κ1) is 20.3. The molecule has 0 saturated heterocycles. The smallest absolute Gasteiger partial charge is 0.259 e. The van der Waals surface area contributed by atoms with Gasteiger partial charge in [0.15, 0.2) is 0 Å². The molecule has 162 valence electrons. The summed E-state index contributed by atoms with van der Waals surface area (Å²) in [5.74, 6) is 0.515. The van der Waals surface area contributed by atoms with Gasteiger partial charge in [-0.2, -0.15) is 0 Å². The fourth-order valence-corrected chi connectivity index (χ4v) is 4.12. The van der Waals surface area contributed by atoms with Crippen LogP contribution in [0.15, 0.2) is 60.0 Å². The van der Waals surface area contributed by atoms with Gasteiger partial charge in [-0.05, 0) is 47.2 Å². The molecule has 8 heteroatoms. The van der Waals surface area contributed by atoms with Crippen molar-refractivity contribution in [2.75, 3.05) is 32.1 Å². The van der Waals surface area contributed by atoms with E-state index in [1.165, 1.54) is 17.5 Å². The summed E-state index contributed by atoms with van der Waals surface area (Å²) in [5, 5.41) is 4.72. The van der Waals surface area contributed by atoms with Crippen LogP contribution in [0.1, 0.15) is 11.1 Å². The highest BCUT2D eigenvalue weighted by Crippen LogP contribution is 2.29. The zero-order valence-electron chi connectivity index (χ0n) is 17.8. The lowest BCUT2D eigenvalue weighted by Gasteiger charge is -2.28. The lowest BCUT2D eigenvalue weighted by atomic mass is 9.99. The van der Waals surface area contributed by atoms with Gasteiger partial charge in [0.2, 0.25) is 0 Å². The molecule has 1 aliphatic heterocycles. The Kier molecular flexibility index (Phi) is 5.62. The van der Waals surface area contributed by atoms with Crippen LogP contribution in [0.5, 0.6) is 0 Å². The number of nitrogens with one attached hydrogen (secondary N) is 2. The van der Waals surface area contributed by atoms with Gasteiger partial charge in [-0.25, -0.2) is 15.0 Å². The standard InChI is InChI=1S/C24H24N6O2/c1-32-9-8-30-7-5-16-10-20(3-2-18(16)14-30)28-23-22-17(4-6-27-24(22)31)11-21(29-23)19-12-25-15-26-13-19/h2-4,6,10-13,15H,5,7-9,14H2,1H3,(H,27,31)(H,28,29). The number of hydrogen-bond donors (Lipinski definition) is 2. The van der Waals surface area contributed by atoms with Crippen molar-refractivity contribution in [1.29, 1.82) is 0 Å². The number of nitrogens with zero attached hydrogens (tertiary/aromatic N) is 4. The number of pyridine rings is 2. The largest absolute Gasteiger partial charge is 0.383 e. The second-order valence-corrected chi connectivity index (χ2v) is 7.88. The lowest BCUT2D eigenvalue weighted by Crippen LogP contribution is -2.33. The van der Waals surface area contributed by atoms with Crippen molar-refractivity contribution in [3.63, 3.8) is 0 Å². The molecule has 1 aromatic carbocycles. The van der Waals surface area contributed by atoms with Gasteiger partial charge < -0.3 is 15.0 Å². The van der Waals surface area contributed by atoms with Gasteiger partial charge >= 0.3 is 0 Å². The normalized spacial score (nSPS) is 13.8. The van der Waals surface area contributed by atoms with Gasteiger partial charge in [-0.1, -0.05) is 6.07 Å². The second kappa shape index (κ2) is 8.86. The third-order valence-corrected chi connectivity index (χ3v) is 5.78. The molecular formula is C24H24N6O2. The zero-order chi connectivity index (χ0) is 21.9. The lowest BCUT2D eigenvalue weighted by molar-refractivity contribution is 0.141. The van der Waals surface area contributed by atoms with Gasteiger partial charge in [0, 0.05) is 56.6 Å². The predicted molar refractivity (Wildman–Crippen MR) is 124 cm³/mol. The van der Waals surface area contributed by atoms with Crippen molar-refractivity contribution >= 4 is 22.3 Å². The van der Waals surface area contributed by atoms with Gasteiger partial charge in [0.05, 0.1) is 17.7 Å². The Labute approximate surface area is 185 Å². The van der Waals surface area contributed by atoms with Crippen LogP contribution in [-0.4, -0.2) is 51.6 Å². The Morgan fingerprint density at radius 3 is 2.88 bits per heavy atom. The molecule has 0 atom stereocenters. The van der Waals surface area contributed by atoms with E-state index in [4.69, 9.17) is 9.72 Å². The van der Waals surface area contributed by atoms with Crippen LogP contribution in [0.4, 0.5) is 11.5 Å². The number of H-pyrrole nitrogens is 1. The fraction of sp³-hybridized carbons (Fsp3) is 0.250. The quantitative estimate of drug-likeness (QED) is 0.487. The van der Waals surface area contributed by atoms with Crippen LogP contribution in [0.3, 0.4) is 0 Å². The van der Waals surface area contributed by atoms with Crippen LogP contribution in [0, 0.1) is 0 Å². The molecule has 0 bridgehead atoms. The molecule has 0 fully saturated rings. The molecule has 0 aliphatic carbocycles. The van der Waals surface area contributed by atoms with Gasteiger partial charge in [-0.3, -0.25) is 9.69 Å². The zero-order valence-corrected chi connectivity index (χ0v) is 17.8. The maximum absolute atomic E-state index is 12.6. The molecule has 3 aromatic heterocycles. The second-order valence-electron chi connectivity index (χ2n) is 7.88. The van der Waals surface area contributed by atoms with E-state index in [9.17, 15) is 4.79 Å². The van der Waals surface area contributed by atoms with E-state index in [-0.39, 0.29) is 5.56 Å². The molecular weight excluding hydrogens is 404 g/mol. The average Bonchev–Trinajstić information content (AvgIpc) is 2.83. The average molecular weight is 428 g/mol. The van der Waals surface area contributed by atoms with Crippen molar-refractivity contribution in [1.82, 2.24) is 24.8 Å². The molecule has 0 saturated carbocycles. The summed E-state index contributed by atoms with van der Waals surface area (Å²) in [7, 11) is 1.73.